The number of thiazole rings is 1. The molecule has 0 spiro atoms. The van der Waals surface area contributed by atoms with Gasteiger partial charge in [0.25, 0.3) is 0 Å². The van der Waals surface area contributed by atoms with Gasteiger partial charge in [-0.05, 0) is 19.9 Å². The summed E-state index contributed by atoms with van der Waals surface area (Å²) in [5.41, 5.74) is 3.17. The number of hydrogen-bond donors (Lipinski definition) is 0. The quantitative estimate of drug-likeness (QED) is 0.823. The van der Waals surface area contributed by atoms with Gasteiger partial charge in [0.05, 0.1) is 11.2 Å². The minimum atomic E-state index is 0.676. The SMILES string of the molecule is Cc1ncsc1CN1CCN(C)C[C@H]1C(C)C. The van der Waals surface area contributed by atoms with E-state index in [1.807, 2.05) is 5.51 Å². The van der Waals surface area contributed by atoms with Crippen LogP contribution >= 0.6 is 11.3 Å². The first-order valence-corrected chi connectivity index (χ1v) is 7.27. The molecule has 1 aliphatic heterocycles. The monoisotopic (exact) mass is 253 g/mol. The molecule has 1 aromatic heterocycles. The number of aromatic nitrogens is 1. The molecule has 0 N–H and O–H groups in total. The summed E-state index contributed by atoms with van der Waals surface area (Å²) in [5.74, 6) is 0.714. The van der Waals surface area contributed by atoms with Crippen molar-refractivity contribution in [1.82, 2.24) is 14.8 Å². The molecule has 2 heterocycles. The summed E-state index contributed by atoms with van der Waals surface area (Å²) in [5, 5.41) is 0. The van der Waals surface area contributed by atoms with Gasteiger partial charge in [-0.25, -0.2) is 4.98 Å². The predicted molar refractivity (Wildman–Crippen MR) is 73.4 cm³/mol. The van der Waals surface area contributed by atoms with Crippen LogP contribution in [-0.2, 0) is 6.54 Å². The van der Waals surface area contributed by atoms with E-state index in [2.05, 4.69) is 42.6 Å². The molecule has 3 nitrogen and oxygen atoms in total. The van der Waals surface area contributed by atoms with Crippen LogP contribution in [0.4, 0.5) is 0 Å². The average molecular weight is 253 g/mol. The molecule has 2 rings (SSSR count). The Morgan fingerprint density at radius 2 is 2.24 bits per heavy atom. The van der Waals surface area contributed by atoms with Gasteiger partial charge < -0.3 is 4.90 Å². The first-order chi connectivity index (χ1) is 8.08. The van der Waals surface area contributed by atoms with Gasteiger partial charge in [0.15, 0.2) is 0 Å². The molecule has 0 amide bonds. The number of rotatable bonds is 3. The topological polar surface area (TPSA) is 19.4 Å². The molecule has 1 atom stereocenters. The first kappa shape index (κ1) is 13.0. The normalized spacial score (nSPS) is 23.5. The van der Waals surface area contributed by atoms with E-state index in [9.17, 15) is 0 Å². The number of piperazine rings is 1. The van der Waals surface area contributed by atoms with E-state index in [1.165, 1.54) is 30.2 Å². The van der Waals surface area contributed by atoms with Crippen LogP contribution in [0.15, 0.2) is 5.51 Å². The number of aryl methyl sites for hydroxylation is 1. The molecule has 0 radical (unpaired) electrons. The van der Waals surface area contributed by atoms with E-state index in [1.54, 1.807) is 11.3 Å². The van der Waals surface area contributed by atoms with Gasteiger partial charge in [0.1, 0.15) is 0 Å². The molecule has 0 bridgehead atoms. The molecule has 1 aromatic rings. The van der Waals surface area contributed by atoms with Crippen molar-refractivity contribution < 1.29 is 0 Å². The van der Waals surface area contributed by atoms with Crippen LogP contribution in [0.3, 0.4) is 0 Å². The minimum Gasteiger partial charge on any atom is -0.304 e. The van der Waals surface area contributed by atoms with Crippen LogP contribution in [-0.4, -0.2) is 47.5 Å². The highest BCUT2D eigenvalue weighted by atomic mass is 32.1. The Hall–Kier alpha value is -0.450. The second-order valence-electron chi connectivity index (χ2n) is 5.41. The van der Waals surface area contributed by atoms with Crippen molar-refractivity contribution >= 4 is 11.3 Å². The summed E-state index contributed by atoms with van der Waals surface area (Å²) in [6, 6.07) is 0.676. The molecule has 1 saturated heterocycles. The fourth-order valence-electron chi connectivity index (χ4n) is 2.48. The zero-order chi connectivity index (χ0) is 12.4. The molecule has 0 unspecified atom stereocenters. The van der Waals surface area contributed by atoms with Crippen LogP contribution in [0.1, 0.15) is 24.4 Å². The van der Waals surface area contributed by atoms with Crippen LogP contribution < -0.4 is 0 Å². The Morgan fingerprint density at radius 3 is 2.82 bits per heavy atom. The van der Waals surface area contributed by atoms with Crippen LogP contribution in [0.5, 0.6) is 0 Å². The van der Waals surface area contributed by atoms with Crippen molar-refractivity contribution in [2.75, 3.05) is 26.7 Å². The zero-order valence-electron chi connectivity index (χ0n) is 11.3. The Bertz CT molecular complexity index is 361. The van der Waals surface area contributed by atoms with Gasteiger partial charge in [-0.15, -0.1) is 11.3 Å². The van der Waals surface area contributed by atoms with E-state index < -0.39 is 0 Å². The molecule has 17 heavy (non-hydrogen) atoms. The third kappa shape index (κ3) is 3.06. The maximum absolute atomic E-state index is 4.35. The molecule has 0 saturated carbocycles. The number of hydrogen-bond acceptors (Lipinski definition) is 4. The fraction of sp³-hybridized carbons (Fsp3) is 0.769. The molecule has 1 fully saturated rings. The van der Waals surface area contributed by atoms with Crippen molar-refractivity contribution in [3.8, 4) is 0 Å². The fourth-order valence-corrected chi connectivity index (χ4v) is 3.28. The van der Waals surface area contributed by atoms with Crippen LogP contribution in [0.25, 0.3) is 0 Å². The first-order valence-electron chi connectivity index (χ1n) is 6.39. The lowest BCUT2D eigenvalue weighted by Gasteiger charge is -2.42. The second kappa shape index (κ2) is 5.46. The van der Waals surface area contributed by atoms with E-state index in [-0.39, 0.29) is 0 Å². The molecule has 0 aliphatic carbocycles. The summed E-state index contributed by atoms with van der Waals surface area (Å²) in [6.45, 7) is 11.4. The lowest BCUT2D eigenvalue weighted by atomic mass is 9.99. The van der Waals surface area contributed by atoms with Gasteiger partial charge in [-0.1, -0.05) is 13.8 Å². The highest BCUT2D eigenvalue weighted by Gasteiger charge is 2.28. The van der Waals surface area contributed by atoms with E-state index in [4.69, 9.17) is 0 Å². The van der Waals surface area contributed by atoms with Crippen LogP contribution in [0.2, 0.25) is 0 Å². The maximum atomic E-state index is 4.35. The predicted octanol–water partition coefficient (Wildman–Crippen LogP) is 2.22. The highest BCUT2D eigenvalue weighted by molar-refractivity contribution is 7.09. The van der Waals surface area contributed by atoms with Gasteiger partial charge in [-0.3, -0.25) is 4.90 Å². The summed E-state index contributed by atoms with van der Waals surface area (Å²) in [6.07, 6.45) is 0. The standard InChI is InChI=1S/C13H23N3S/c1-10(2)12-7-15(4)5-6-16(12)8-13-11(3)14-9-17-13/h9-10,12H,5-8H2,1-4H3/t12-/m0/s1. The Balaban J connectivity index is 2.05. The van der Waals surface area contributed by atoms with Crippen molar-refractivity contribution in [2.45, 2.75) is 33.4 Å². The molecule has 0 aromatic carbocycles. The van der Waals surface area contributed by atoms with Crippen molar-refractivity contribution in [1.29, 1.82) is 0 Å². The molecular weight excluding hydrogens is 230 g/mol. The van der Waals surface area contributed by atoms with E-state index in [0.29, 0.717) is 12.0 Å². The van der Waals surface area contributed by atoms with Gasteiger partial charge in [-0.2, -0.15) is 0 Å². The average Bonchev–Trinajstić information content (AvgIpc) is 2.67. The summed E-state index contributed by atoms with van der Waals surface area (Å²) >= 11 is 1.79. The second-order valence-corrected chi connectivity index (χ2v) is 6.34. The lowest BCUT2D eigenvalue weighted by Crippen LogP contribution is -2.53. The molecule has 1 aliphatic rings. The number of likely N-dealkylation sites (N-methyl/N-ethyl adjacent to an activating group) is 1. The molecular formula is C13H23N3S. The van der Waals surface area contributed by atoms with Crippen molar-refractivity contribution in [3.05, 3.63) is 16.1 Å². The molecule has 4 heteroatoms. The van der Waals surface area contributed by atoms with Crippen LogP contribution in [0, 0.1) is 12.8 Å². The zero-order valence-corrected chi connectivity index (χ0v) is 12.1. The number of nitrogens with zero attached hydrogens (tertiary/aromatic N) is 3. The van der Waals surface area contributed by atoms with E-state index in [0.717, 1.165) is 6.54 Å². The van der Waals surface area contributed by atoms with Gasteiger partial charge in [0, 0.05) is 37.1 Å². The van der Waals surface area contributed by atoms with Crippen molar-refractivity contribution in [3.63, 3.8) is 0 Å². The molecule has 96 valence electrons. The lowest BCUT2D eigenvalue weighted by molar-refractivity contribution is 0.0577. The van der Waals surface area contributed by atoms with Gasteiger partial charge in [0.2, 0.25) is 0 Å². The Morgan fingerprint density at radius 1 is 1.47 bits per heavy atom. The summed E-state index contributed by atoms with van der Waals surface area (Å²) < 4.78 is 0. The largest absolute Gasteiger partial charge is 0.304 e. The maximum Gasteiger partial charge on any atom is 0.0798 e. The third-order valence-electron chi connectivity index (χ3n) is 3.70. The van der Waals surface area contributed by atoms with Crippen molar-refractivity contribution in [2.24, 2.45) is 5.92 Å². The Kier molecular flexibility index (Phi) is 4.17. The Labute approximate surface area is 108 Å². The summed E-state index contributed by atoms with van der Waals surface area (Å²) in [4.78, 5) is 10.9. The minimum absolute atomic E-state index is 0.676. The highest BCUT2D eigenvalue weighted by Crippen LogP contribution is 2.22. The summed E-state index contributed by atoms with van der Waals surface area (Å²) in [7, 11) is 2.23. The smallest absolute Gasteiger partial charge is 0.0798 e. The van der Waals surface area contributed by atoms with Gasteiger partial charge >= 0.3 is 0 Å². The third-order valence-corrected chi connectivity index (χ3v) is 4.62. The van der Waals surface area contributed by atoms with E-state index >= 15 is 0 Å².